The highest BCUT2D eigenvalue weighted by molar-refractivity contribution is 7.98. The molecule has 112 valence electrons. The van der Waals surface area contributed by atoms with Gasteiger partial charge in [-0.2, -0.15) is 11.8 Å². The van der Waals surface area contributed by atoms with Crippen molar-refractivity contribution >= 4 is 34.7 Å². The van der Waals surface area contributed by atoms with Gasteiger partial charge in [0.1, 0.15) is 5.75 Å². The molecule has 0 saturated carbocycles. The van der Waals surface area contributed by atoms with Crippen LogP contribution in [-0.2, 0) is 12.2 Å². The number of rotatable bonds is 4. The fraction of sp³-hybridized carbons (Fsp3) is 0.375. The highest BCUT2D eigenvalue weighted by atomic mass is 35.5. The standard InChI is InChI=1S/C16H18ClNOS2/c1-18-16(12-8-11(17)3-4-13(12)19-2)15-7-10-9-20-6-5-14(10)21-15/h3-4,7-8,16,18H,5-6,9H2,1-2H3. The summed E-state index contributed by atoms with van der Waals surface area (Å²) in [5.74, 6) is 3.24. The monoisotopic (exact) mass is 339 g/mol. The first-order valence-electron chi connectivity index (χ1n) is 6.93. The van der Waals surface area contributed by atoms with Crippen molar-refractivity contribution in [3.63, 3.8) is 0 Å². The van der Waals surface area contributed by atoms with Gasteiger partial charge in [-0.3, -0.25) is 0 Å². The van der Waals surface area contributed by atoms with Crippen LogP contribution in [0.3, 0.4) is 0 Å². The number of benzene rings is 1. The van der Waals surface area contributed by atoms with Gasteiger partial charge in [0.15, 0.2) is 0 Å². The van der Waals surface area contributed by atoms with Crippen molar-refractivity contribution in [2.24, 2.45) is 0 Å². The summed E-state index contributed by atoms with van der Waals surface area (Å²) in [7, 11) is 3.69. The van der Waals surface area contributed by atoms with Gasteiger partial charge in [0.05, 0.1) is 13.2 Å². The zero-order valence-electron chi connectivity index (χ0n) is 12.1. The largest absolute Gasteiger partial charge is 0.496 e. The second kappa shape index (κ2) is 6.61. The summed E-state index contributed by atoms with van der Waals surface area (Å²) in [5.41, 5.74) is 2.59. The van der Waals surface area contributed by atoms with Crippen molar-refractivity contribution in [3.8, 4) is 5.75 Å². The molecule has 2 aromatic rings. The Kier molecular flexibility index (Phi) is 4.79. The Hall–Kier alpha value is -0.680. The Balaban J connectivity index is 2.02. The molecular formula is C16H18ClNOS2. The highest BCUT2D eigenvalue weighted by Crippen LogP contribution is 2.39. The van der Waals surface area contributed by atoms with Crippen LogP contribution < -0.4 is 10.1 Å². The third-order valence-electron chi connectivity index (χ3n) is 3.72. The predicted octanol–water partition coefficient (Wildman–Crippen LogP) is 4.51. The van der Waals surface area contributed by atoms with Gasteiger partial charge in [0.25, 0.3) is 0 Å². The number of halogens is 1. The lowest BCUT2D eigenvalue weighted by Crippen LogP contribution is -2.17. The van der Waals surface area contributed by atoms with Crippen molar-refractivity contribution in [2.45, 2.75) is 18.2 Å². The van der Waals surface area contributed by atoms with Crippen molar-refractivity contribution in [2.75, 3.05) is 19.9 Å². The summed E-state index contributed by atoms with van der Waals surface area (Å²) in [6, 6.07) is 8.26. The van der Waals surface area contributed by atoms with Crippen LogP contribution in [0.1, 0.15) is 26.9 Å². The molecule has 5 heteroatoms. The normalized spacial score (nSPS) is 15.6. The van der Waals surface area contributed by atoms with Gasteiger partial charge in [0.2, 0.25) is 0 Å². The number of hydrogen-bond acceptors (Lipinski definition) is 4. The molecule has 1 atom stereocenters. The maximum absolute atomic E-state index is 6.18. The first kappa shape index (κ1) is 15.2. The first-order valence-corrected chi connectivity index (χ1v) is 9.27. The number of aryl methyl sites for hydroxylation is 1. The predicted molar refractivity (Wildman–Crippen MR) is 93.1 cm³/mol. The van der Waals surface area contributed by atoms with Crippen molar-refractivity contribution in [1.29, 1.82) is 0 Å². The fourth-order valence-electron chi connectivity index (χ4n) is 2.69. The number of thiophene rings is 1. The molecular weight excluding hydrogens is 322 g/mol. The molecule has 21 heavy (non-hydrogen) atoms. The van der Waals surface area contributed by atoms with Gasteiger partial charge in [-0.25, -0.2) is 0 Å². The molecule has 2 nitrogen and oxygen atoms in total. The van der Waals surface area contributed by atoms with E-state index in [1.165, 1.54) is 27.5 Å². The summed E-state index contributed by atoms with van der Waals surface area (Å²) in [6.07, 6.45) is 1.19. The van der Waals surface area contributed by atoms with E-state index in [-0.39, 0.29) is 6.04 Å². The average Bonchev–Trinajstić information content (AvgIpc) is 2.92. The van der Waals surface area contributed by atoms with E-state index in [0.717, 1.165) is 22.1 Å². The van der Waals surface area contributed by atoms with Gasteiger partial charge in [0, 0.05) is 26.1 Å². The summed E-state index contributed by atoms with van der Waals surface area (Å²) >= 11 is 10.1. The van der Waals surface area contributed by atoms with E-state index in [1.807, 2.05) is 48.3 Å². The van der Waals surface area contributed by atoms with Gasteiger partial charge in [-0.05, 0) is 49.1 Å². The van der Waals surface area contributed by atoms with E-state index in [1.54, 1.807) is 7.11 Å². The molecule has 0 bridgehead atoms. The lowest BCUT2D eigenvalue weighted by atomic mass is 10.0. The number of ether oxygens (including phenoxy) is 1. The second-order valence-electron chi connectivity index (χ2n) is 5.01. The number of nitrogens with one attached hydrogen (secondary N) is 1. The van der Waals surface area contributed by atoms with Crippen LogP contribution in [0.4, 0.5) is 0 Å². The van der Waals surface area contributed by atoms with Crippen LogP contribution in [0.25, 0.3) is 0 Å². The van der Waals surface area contributed by atoms with E-state index >= 15 is 0 Å². The molecule has 2 heterocycles. The highest BCUT2D eigenvalue weighted by Gasteiger charge is 2.22. The maximum Gasteiger partial charge on any atom is 0.124 e. The molecule has 0 amide bonds. The molecule has 0 aliphatic carbocycles. The van der Waals surface area contributed by atoms with Crippen LogP contribution in [0.5, 0.6) is 5.75 Å². The molecule has 3 rings (SSSR count). The Morgan fingerprint density at radius 3 is 2.90 bits per heavy atom. The summed E-state index contributed by atoms with van der Waals surface area (Å²) in [4.78, 5) is 2.87. The smallest absolute Gasteiger partial charge is 0.124 e. The quantitative estimate of drug-likeness (QED) is 0.885. The van der Waals surface area contributed by atoms with Gasteiger partial charge in [-0.1, -0.05) is 11.6 Å². The van der Waals surface area contributed by atoms with Gasteiger partial charge < -0.3 is 10.1 Å². The number of thioether (sulfide) groups is 1. The fourth-order valence-corrected chi connectivity index (χ4v) is 5.38. The Morgan fingerprint density at radius 1 is 1.33 bits per heavy atom. The van der Waals surface area contributed by atoms with E-state index in [2.05, 4.69) is 11.4 Å². The summed E-state index contributed by atoms with van der Waals surface area (Å²) in [6.45, 7) is 0. The van der Waals surface area contributed by atoms with Crippen LogP contribution >= 0.6 is 34.7 Å². The minimum atomic E-state index is 0.124. The number of hydrogen-bond donors (Lipinski definition) is 1. The number of methoxy groups -OCH3 is 1. The SMILES string of the molecule is CNC(c1cc2c(s1)CCSC2)c1cc(Cl)ccc1OC. The lowest BCUT2D eigenvalue weighted by molar-refractivity contribution is 0.405. The van der Waals surface area contributed by atoms with Crippen LogP contribution in [-0.4, -0.2) is 19.9 Å². The van der Waals surface area contributed by atoms with Crippen molar-refractivity contribution in [3.05, 3.63) is 50.2 Å². The zero-order valence-corrected chi connectivity index (χ0v) is 14.5. The van der Waals surface area contributed by atoms with E-state index in [0.29, 0.717) is 0 Å². The lowest BCUT2D eigenvalue weighted by Gasteiger charge is -2.18. The Morgan fingerprint density at radius 2 is 2.19 bits per heavy atom. The minimum absolute atomic E-state index is 0.124. The van der Waals surface area contributed by atoms with Gasteiger partial charge in [-0.15, -0.1) is 11.3 Å². The van der Waals surface area contributed by atoms with Gasteiger partial charge >= 0.3 is 0 Å². The van der Waals surface area contributed by atoms with Crippen LogP contribution in [0.15, 0.2) is 24.3 Å². The molecule has 1 unspecified atom stereocenters. The zero-order chi connectivity index (χ0) is 14.8. The molecule has 1 aliphatic rings. The Labute approximate surface area is 138 Å². The summed E-state index contributed by atoms with van der Waals surface area (Å²) < 4.78 is 5.51. The number of fused-ring (bicyclic) bond motifs is 1. The van der Waals surface area contributed by atoms with Crippen molar-refractivity contribution in [1.82, 2.24) is 5.32 Å². The van der Waals surface area contributed by atoms with Crippen LogP contribution in [0, 0.1) is 0 Å². The third kappa shape index (κ3) is 3.09. The second-order valence-corrected chi connectivity index (χ2v) is 7.72. The van der Waals surface area contributed by atoms with E-state index in [4.69, 9.17) is 16.3 Å². The first-order chi connectivity index (χ1) is 10.2. The van der Waals surface area contributed by atoms with E-state index < -0.39 is 0 Å². The Bertz CT molecular complexity index is 618. The molecule has 0 saturated heterocycles. The maximum atomic E-state index is 6.18. The molecule has 1 aromatic heterocycles. The molecule has 0 spiro atoms. The van der Waals surface area contributed by atoms with Crippen molar-refractivity contribution < 1.29 is 4.74 Å². The third-order valence-corrected chi connectivity index (χ3v) is 6.27. The van der Waals surface area contributed by atoms with E-state index in [9.17, 15) is 0 Å². The average molecular weight is 340 g/mol. The molecule has 1 N–H and O–H groups in total. The molecule has 0 fully saturated rings. The van der Waals surface area contributed by atoms with Crippen LogP contribution in [0.2, 0.25) is 5.02 Å². The summed E-state index contributed by atoms with van der Waals surface area (Å²) in [5, 5.41) is 4.15. The minimum Gasteiger partial charge on any atom is -0.496 e. The molecule has 1 aliphatic heterocycles. The molecule has 0 radical (unpaired) electrons. The molecule has 1 aromatic carbocycles. The topological polar surface area (TPSA) is 21.3 Å².